The maximum absolute atomic E-state index is 6.72. The molecule has 0 radical (unpaired) electrons. The van der Waals surface area contributed by atoms with Crippen molar-refractivity contribution >= 4 is 78.0 Å². The second-order valence-electron chi connectivity index (χ2n) is 16.1. The van der Waals surface area contributed by atoms with Crippen LogP contribution in [0.1, 0.15) is 0 Å². The minimum absolute atomic E-state index is 0.828. The number of fused-ring (bicyclic) bond motifs is 6. The molecule has 2 aromatic heterocycles. The first-order valence-electron chi connectivity index (χ1n) is 21.7. The molecule has 302 valence electrons. The van der Waals surface area contributed by atoms with E-state index in [1.54, 1.807) is 0 Å². The molecule has 64 heavy (non-hydrogen) atoms. The van der Waals surface area contributed by atoms with Gasteiger partial charge in [0.05, 0.1) is 5.69 Å². The summed E-state index contributed by atoms with van der Waals surface area (Å²) in [5.74, 6) is 0. The van der Waals surface area contributed by atoms with E-state index in [-0.39, 0.29) is 0 Å². The first-order chi connectivity index (χ1) is 31.7. The van der Waals surface area contributed by atoms with Gasteiger partial charge in [-0.15, -0.1) is 0 Å². The second-order valence-corrected chi connectivity index (χ2v) is 16.1. The van der Waals surface area contributed by atoms with E-state index in [1.165, 1.54) is 22.3 Å². The van der Waals surface area contributed by atoms with E-state index in [9.17, 15) is 0 Å². The van der Waals surface area contributed by atoms with Crippen LogP contribution in [-0.4, -0.2) is 0 Å². The van der Waals surface area contributed by atoms with Crippen molar-refractivity contribution in [1.29, 1.82) is 0 Å². The summed E-state index contributed by atoms with van der Waals surface area (Å²) in [6, 6.07) is 85.7. The van der Waals surface area contributed by atoms with Gasteiger partial charge in [0.2, 0.25) is 0 Å². The number of para-hydroxylation sites is 3. The van der Waals surface area contributed by atoms with E-state index in [0.717, 1.165) is 89.1 Å². The molecule has 0 aliphatic heterocycles. The highest BCUT2D eigenvalue weighted by Crippen LogP contribution is 2.45. The highest BCUT2D eigenvalue weighted by Gasteiger charge is 2.21. The molecule has 4 nitrogen and oxygen atoms in total. The Balaban J connectivity index is 1.00. The quantitative estimate of drug-likeness (QED) is 0.145. The zero-order valence-electron chi connectivity index (χ0n) is 34.8. The third-order valence-corrected chi connectivity index (χ3v) is 12.3. The van der Waals surface area contributed by atoms with Crippen molar-refractivity contribution in [3.63, 3.8) is 0 Å². The van der Waals surface area contributed by atoms with Gasteiger partial charge >= 0.3 is 0 Å². The Morgan fingerprint density at radius 2 is 0.625 bits per heavy atom. The van der Waals surface area contributed by atoms with Crippen molar-refractivity contribution in [3.05, 3.63) is 243 Å². The van der Waals surface area contributed by atoms with Crippen LogP contribution in [0.5, 0.6) is 0 Å². The van der Waals surface area contributed by atoms with E-state index in [4.69, 9.17) is 8.83 Å². The van der Waals surface area contributed by atoms with E-state index in [1.807, 2.05) is 18.2 Å². The number of rotatable bonds is 9. The van der Waals surface area contributed by atoms with E-state index in [2.05, 4.69) is 234 Å². The van der Waals surface area contributed by atoms with Gasteiger partial charge in [-0.1, -0.05) is 152 Å². The van der Waals surface area contributed by atoms with Gasteiger partial charge in [-0.3, -0.25) is 0 Å². The van der Waals surface area contributed by atoms with Gasteiger partial charge in [-0.05, 0) is 112 Å². The van der Waals surface area contributed by atoms with E-state index in [0.29, 0.717) is 0 Å². The van der Waals surface area contributed by atoms with Gasteiger partial charge < -0.3 is 18.6 Å². The Morgan fingerprint density at radius 1 is 0.234 bits per heavy atom. The predicted molar refractivity (Wildman–Crippen MR) is 267 cm³/mol. The topological polar surface area (TPSA) is 32.8 Å². The Bertz CT molecular complexity index is 3490. The Kier molecular flexibility index (Phi) is 9.12. The number of hydrogen-bond acceptors (Lipinski definition) is 4. The summed E-state index contributed by atoms with van der Waals surface area (Å²) in [7, 11) is 0. The zero-order valence-corrected chi connectivity index (χ0v) is 34.8. The highest BCUT2D eigenvalue weighted by molar-refractivity contribution is 6.14. The summed E-state index contributed by atoms with van der Waals surface area (Å²) in [5.41, 5.74) is 16.5. The standard InChI is InChI=1S/C60H40N2O2/c1-4-14-41(15-5-1)43-24-30-48(31-25-43)62(49-32-26-44(27-33-49)42-16-6-2-7-17-42)51-38-55(60-54-21-11-13-23-57(54)64-59(60)40-51)45-28-34-47(35-29-45)61(46-18-8-3-9-19-46)50-36-37-53-52-20-10-12-22-56(52)63-58(53)39-50/h1-40H. The Labute approximate surface area is 371 Å². The molecule has 0 aliphatic rings. The van der Waals surface area contributed by atoms with Gasteiger partial charge in [0.25, 0.3) is 0 Å². The number of anilines is 6. The lowest BCUT2D eigenvalue weighted by Gasteiger charge is -2.27. The number of hydrogen-bond donors (Lipinski definition) is 0. The Hall–Kier alpha value is -8.60. The van der Waals surface area contributed by atoms with Crippen LogP contribution in [0.2, 0.25) is 0 Å². The monoisotopic (exact) mass is 820 g/mol. The minimum atomic E-state index is 0.828. The summed E-state index contributed by atoms with van der Waals surface area (Å²) in [6.07, 6.45) is 0. The zero-order chi connectivity index (χ0) is 42.4. The SMILES string of the molecule is c1ccc(-c2ccc(N(c3ccc(-c4ccccc4)cc3)c3cc(-c4ccc(N(c5ccccc5)c5ccc6c(c5)oc5ccccc56)cc4)c4c(c3)oc3ccccc34)cc2)cc1. The smallest absolute Gasteiger partial charge is 0.138 e. The molecule has 12 rings (SSSR count). The fraction of sp³-hybridized carbons (Fsp3) is 0. The average Bonchev–Trinajstić information content (AvgIpc) is 3.94. The van der Waals surface area contributed by atoms with Crippen LogP contribution < -0.4 is 9.80 Å². The summed E-state index contributed by atoms with van der Waals surface area (Å²) in [6.45, 7) is 0. The van der Waals surface area contributed by atoms with Crippen LogP contribution in [-0.2, 0) is 0 Å². The van der Waals surface area contributed by atoms with Crippen LogP contribution in [0.25, 0.3) is 77.3 Å². The molecule has 4 heteroatoms. The molecule has 0 N–H and O–H groups in total. The molecular weight excluding hydrogens is 781 g/mol. The first kappa shape index (κ1) is 37.2. The lowest BCUT2D eigenvalue weighted by Crippen LogP contribution is -2.10. The summed E-state index contributed by atoms with van der Waals surface area (Å²) in [4.78, 5) is 4.62. The lowest BCUT2D eigenvalue weighted by molar-refractivity contribution is 0.668. The molecule has 10 aromatic carbocycles. The second kappa shape index (κ2) is 15.7. The van der Waals surface area contributed by atoms with E-state index >= 15 is 0 Å². The minimum Gasteiger partial charge on any atom is -0.456 e. The van der Waals surface area contributed by atoms with Crippen molar-refractivity contribution in [2.75, 3.05) is 9.80 Å². The van der Waals surface area contributed by atoms with Gasteiger partial charge in [-0.2, -0.15) is 0 Å². The fourth-order valence-electron chi connectivity index (χ4n) is 9.18. The molecular formula is C60H40N2O2. The van der Waals surface area contributed by atoms with Crippen LogP contribution >= 0.6 is 0 Å². The molecule has 0 aliphatic carbocycles. The molecule has 12 aromatic rings. The van der Waals surface area contributed by atoms with Crippen molar-refractivity contribution in [3.8, 4) is 33.4 Å². The molecule has 0 bridgehead atoms. The van der Waals surface area contributed by atoms with Gasteiger partial charge in [0.1, 0.15) is 22.3 Å². The van der Waals surface area contributed by atoms with Crippen LogP contribution in [0.15, 0.2) is 251 Å². The molecule has 0 fully saturated rings. The molecule has 0 amide bonds. The van der Waals surface area contributed by atoms with Crippen LogP contribution in [0, 0.1) is 0 Å². The first-order valence-corrected chi connectivity index (χ1v) is 21.7. The average molecular weight is 821 g/mol. The van der Waals surface area contributed by atoms with Crippen molar-refractivity contribution in [1.82, 2.24) is 0 Å². The van der Waals surface area contributed by atoms with Crippen molar-refractivity contribution in [2.45, 2.75) is 0 Å². The third kappa shape index (κ3) is 6.66. The largest absolute Gasteiger partial charge is 0.456 e. The fourth-order valence-corrected chi connectivity index (χ4v) is 9.18. The highest BCUT2D eigenvalue weighted by atomic mass is 16.3. The molecule has 0 spiro atoms. The number of benzene rings is 10. The summed E-state index contributed by atoms with van der Waals surface area (Å²) in [5, 5.41) is 4.39. The number of nitrogens with zero attached hydrogens (tertiary/aromatic N) is 2. The summed E-state index contributed by atoms with van der Waals surface area (Å²) < 4.78 is 13.1. The van der Waals surface area contributed by atoms with Crippen LogP contribution in [0.4, 0.5) is 34.1 Å². The molecule has 0 saturated carbocycles. The van der Waals surface area contributed by atoms with Crippen LogP contribution in [0.3, 0.4) is 0 Å². The maximum Gasteiger partial charge on any atom is 0.138 e. The van der Waals surface area contributed by atoms with Crippen molar-refractivity contribution in [2.24, 2.45) is 0 Å². The molecule has 2 heterocycles. The summed E-state index contributed by atoms with van der Waals surface area (Å²) >= 11 is 0. The van der Waals surface area contributed by atoms with Gasteiger partial charge in [0.15, 0.2) is 0 Å². The van der Waals surface area contributed by atoms with E-state index < -0.39 is 0 Å². The molecule has 0 unspecified atom stereocenters. The number of furan rings is 2. The predicted octanol–water partition coefficient (Wildman–Crippen LogP) is 17.4. The maximum atomic E-state index is 6.72. The third-order valence-electron chi connectivity index (χ3n) is 12.3. The Morgan fingerprint density at radius 3 is 1.22 bits per heavy atom. The van der Waals surface area contributed by atoms with Gasteiger partial charge in [0, 0.05) is 62.1 Å². The van der Waals surface area contributed by atoms with Gasteiger partial charge in [-0.25, -0.2) is 0 Å². The lowest BCUT2D eigenvalue weighted by atomic mass is 9.97. The molecule has 0 saturated heterocycles. The normalized spacial score (nSPS) is 11.4. The van der Waals surface area contributed by atoms with Crippen molar-refractivity contribution < 1.29 is 8.83 Å². The molecule has 0 atom stereocenters.